The maximum Gasteiger partial charge on any atom is 0.414 e. The van der Waals surface area contributed by atoms with E-state index in [1.807, 2.05) is 6.08 Å². The van der Waals surface area contributed by atoms with Gasteiger partial charge in [-0.25, -0.2) is 4.79 Å². The Hall–Kier alpha value is -0.990. The molecular formula is C8H13NO2. The molecule has 0 aromatic rings. The maximum absolute atomic E-state index is 11.0. The molecule has 1 amide bonds. The number of amides is 1. The highest BCUT2D eigenvalue weighted by molar-refractivity contribution is 5.68. The van der Waals surface area contributed by atoms with Crippen molar-refractivity contribution < 1.29 is 9.53 Å². The van der Waals surface area contributed by atoms with Gasteiger partial charge in [-0.2, -0.15) is 0 Å². The molecule has 0 spiro atoms. The van der Waals surface area contributed by atoms with Gasteiger partial charge in [0.25, 0.3) is 0 Å². The molecule has 0 aliphatic heterocycles. The van der Waals surface area contributed by atoms with Gasteiger partial charge in [0.05, 0.1) is 0 Å². The highest BCUT2D eigenvalue weighted by atomic mass is 16.6. The van der Waals surface area contributed by atoms with Crippen molar-refractivity contribution in [2.75, 3.05) is 14.1 Å². The van der Waals surface area contributed by atoms with Gasteiger partial charge in [0, 0.05) is 20.5 Å². The summed E-state index contributed by atoms with van der Waals surface area (Å²) in [5, 5.41) is 0. The number of hydrogen-bond acceptors (Lipinski definition) is 2. The molecule has 0 atom stereocenters. The molecule has 0 saturated carbocycles. The van der Waals surface area contributed by atoms with Gasteiger partial charge in [-0.15, -0.1) is 0 Å². The predicted molar refractivity (Wildman–Crippen MR) is 42.1 cm³/mol. The molecule has 0 fully saturated rings. The van der Waals surface area contributed by atoms with Crippen LogP contribution in [0.3, 0.4) is 0 Å². The van der Waals surface area contributed by atoms with E-state index in [1.165, 1.54) is 4.90 Å². The Kier molecular flexibility index (Phi) is 2.52. The fourth-order valence-corrected chi connectivity index (χ4v) is 0.938. The summed E-state index contributed by atoms with van der Waals surface area (Å²) in [6, 6.07) is 0. The number of nitrogens with zero attached hydrogens (tertiary/aromatic N) is 1. The number of carbonyl (C=O) groups is 1. The first-order valence-electron chi connectivity index (χ1n) is 3.78. The van der Waals surface area contributed by atoms with E-state index in [2.05, 4.69) is 0 Å². The fraction of sp³-hybridized carbons (Fsp3) is 0.625. The molecule has 0 unspecified atom stereocenters. The largest absolute Gasteiger partial charge is 0.415 e. The van der Waals surface area contributed by atoms with E-state index in [-0.39, 0.29) is 6.09 Å². The van der Waals surface area contributed by atoms with Gasteiger partial charge in [0.1, 0.15) is 5.76 Å². The van der Waals surface area contributed by atoms with Crippen LogP contribution in [0.15, 0.2) is 11.8 Å². The number of rotatable bonds is 1. The van der Waals surface area contributed by atoms with Crippen LogP contribution in [0.4, 0.5) is 4.79 Å². The molecule has 0 saturated heterocycles. The summed E-state index contributed by atoms with van der Waals surface area (Å²) in [4.78, 5) is 12.4. The standard InChI is InChI=1S/C8H13NO2/c1-9(2)8(10)11-7-5-3-4-6-7/h5H,3-4,6H2,1-2H3. The first-order chi connectivity index (χ1) is 5.20. The van der Waals surface area contributed by atoms with Crippen molar-refractivity contribution in [3.63, 3.8) is 0 Å². The van der Waals surface area contributed by atoms with Gasteiger partial charge >= 0.3 is 6.09 Å². The minimum Gasteiger partial charge on any atom is -0.415 e. The zero-order valence-electron chi connectivity index (χ0n) is 6.96. The summed E-state index contributed by atoms with van der Waals surface area (Å²) in [7, 11) is 3.36. The van der Waals surface area contributed by atoms with Crippen LogP contribution in [0.25, 0.3) is 0 Å². The van der Waals surface area contributed by atoms with E-state index < -0.39 is 0 Å². The van der Waals surface area contributed by atoms with Crippen molar-refractivity contribution in [3.8, 4) is 0 Å². The van der Waals surface area contributed by atoms with Gasteiger partial charge < -0.3 is 9.64 Å². The molecule has 0 N–H and O–H groups in total. The molecule has 0 radical (unpaired) electrons. The van der Waals surface area contributed by atoms with Crippen LogP contribution in [0.1, 0.15) is 19.3 Å². The van der Waals surface area contributed by atoms with Crippen LogP contribution in [0, 0.1) is 0 Å². The minimum atomic E-state index is -0.279. The molecule has 0 aromatic carbocycles. The zero-order valence-corrected chi connectivity index (χ0v) is 6.96. The highest BCUT2D eigenvalue weighted by Gasteiger charge is 2.11. The van der Waals surface area contributed by atoms with E-state index in [1.54, 1.807) is 14.1 Å². The third-order valence-corrected chi connectivity index (χ3v) is 1.58. The number of allylic oxidation sites excluding steroid dienone is 2. The Morgan fingerprint density at radius 1 is 1.64 bits per heavy atom. The van der Waals surface area contributed by atoms with Crippen molar-refractivity contribution in [3.05, 3.63) is 11.8 Å². The van der Waals surface area contributed by atoms with Gasteiger partial charge in [0.15, 0.2) is 0 Å². The zero-order chi connectivity index (χ0) is 8.27. The second-order valence-electron chi connectivity index (χ2n) is 2.83. The Morgan fingerprint density at radius 2 is 2.36 bits per heavy atom. The molecule has 3 nitrogen and oxygen atoms in total. The Labute approximate surface area is 66.6 Å². The number of hydrogen-bond donors (Lipinski definition) is 0. The highest BCUT2D eigenvalue weighted by Crippen LogP contribution is 2.18. The predicted octanol–water partition coefficient (Wildman–Crippen LogP) is 1.75. The van der Waals surface area contributed by atoms with Gasteiger partial charge in [0.2, 0.25) is 0 Å². The van der Waals surface area contributed by atoms with Crippen molar-refractivity contribution in [2.24, 2.45) is 0 Å². The molecule has 0 aromatic heterocycles. The summed E-state index contributed by atoms with van der Waals surface area (Å²) in [5.74, 6) is 0.823. The lowest BCUT2D eigenvalue weighted by Crippen LogP contribution is -2.22. The quantitative estimate of drug-likeness (QED) is 0.577. The van der Waals surface area contributed by atoms with Crippen molar-refractivity contribution in [1.82, 2.24) is 4.90 Å². The molecule has 11 heavy (non-hydrogen) atoms. The van der Waals surface area contributed by atoms with Gasteiger partial charge in [-0.3, -0.25) is 0 Å². The van der Waals surface area contributed by atoms with E-state index in [4.69, 9.17) is 4.74 Å². The van der Waals surface area contributed by atoms with Crippen molar-refractivity contribution in [2.45, 2.75) is 19.3 Å². The summed E-state index contributed by atoms with van der Waals surface area (Å²) < 4.78 is 5.02. The van der Waals surface area contributed by atoms with Crippen LogP contribution in [0.5, 0.6) is 0 Å². The lowest BCUT2D eigenvalue weighted by atomic mass is 10.4. The monoisotopic (exact) mass is 155 g/mol. The molecule has 1 aliphatic carbocycles. The third-order valence-electron chi connectivity index (χ3n) is 1.58. The van der Waals surface area contributed by atoms with Crippen LogP contribution in [-0.2, 0) is 4.74 Å². The van der Waals surface area contributed by atoms with E-state index in [9.17, 15) is 4.79 Å². The maximum atomic E-state index is 11.0. The van der Waals surface area contributed by atoms with Gasteiger partial charge in [-0.1, -0.05) is 0 Å². The number of carbonyl (C=O) groups excluding carboxylic acids is 1. The molecular weight excluding hydrogens is 142 g/mol. The Bertz CT molecular complexity index is 185. The summed E-state index contributed by atoms with van der Waals surface area (Å²) in [6.07, 6.45) is 4.74. The van der Waals surface area contributed by atoms with Crippen LogP contribution in [0.2, 0.25) is 0 Å². The Balaban J connectivity index is 2.35. The summed E-state index contributed by atoms with van der Waals surface area (Å²) >= 11 is 0. The van der Waals surface area contributed by atoms with E-state index in [0.717, 1.165) is 25.0 Å². The minimum absolute atomic E-state index is 0.279. The number of ether oxygens (including phenoxy) is 1. The van der Waals surface area contributed by atoms with Crippen LogP contribution < -0.4 is 0 Å². The molecule has 0 bridgehead atoms. The second-order valence-corrected chi connectivity index (χ2v) is 2.83. The van der Waals surface area contributed by atoms with Crippen molar-refractivity contribution >= 4 is 6.09 Å². The average Bonchev–Trinajstić information content (AvgIpc) is 2.39. The average molecular weight is 155 g/mol. The molecule has 1 rings (SSSR count). The smallest absolute Gasteiger partial charge is 0.414 e. The molecule has 3 heteroatoms. The normalized spacial score (nSPS) is 16.0. The second kappa shape index (κ2) is 3.42. The first-order valence-corrected chi connectivity index (χ1v) is 3.78. The summed E-state index contributed by atoms with van der Waals surface area (Å²) in [5.41, 5.74) is 0. The first kappa shape index (κ1) is 8.11. The lowest BCUT2D eigenvalue weighted by Gasteiger charge is -2.10. The van der Waals surface area contributed by atoms with Crippen molar-refractivity contribution in [1.29, 1.82) is 0 Å². The van der Waals surface area contributed by atoms with Gasteiger partial charge in [-0.05, 0) is 18.9 Å². The fourth-order valence-electron chi connectivity index (χ4n) is 0.938. The molecule has 0 heterocycles. The van der Waals surface area contributed by atoms with Crippen LogP contribution >= 0.6 is 0 Å². The molecule has 62 valence electrons. The lowest BCUT2D eigenvalue weighted by molar-refractivity contribution is 0.145. The summed E-state index contributed by atoms with van der Waals surface area (Å²) in [6.45, 7) is 0. The third kappa shape index (κ3) is 2.26. The van der Waals surface area contributed by atoms with E-state index in [0.29, 0.717) is 0 Å². The van der Waals surface area contributed by atoms with Crippen LogP contribution in [-0.4, -0.2) is 25.1 Å². The topological polar surface area (TPSA) is 29.5 Å². The van der Waals surface area contributed by atoms with E-state index >= 15 is 0 Å². The molecule has 1 aliphatic rings. The SMILES string of the molecule is CN(C)C(=O)OC1=CCCC1. The Morgan fingerprint density at radius 3 is 2.82 bits per heavy atom.